The molecule has 0 amide bonds. The van der Waals surface area contributed by atoms with Crippen molar-refractivity contribution in [2.75, 3.05) is 0 Å². The summed E-state index contributed by atoms with van der Waals surface area (Å²) in [5, 5.41) is 0. The fraction of sp³-hybridized carbons (Fsp3) is 0.333. The van der Waals surface area contributed by atoms with Gasteiger partial charge in [0.15, 0.2) is 16.3 Å². The van der Waals surface area contributed by atoms with Gasteiger partial charge < -0.3 is 9.40 Å². The van der Waals surface area contributed by atoms with Crippen molar-refractivity contribution in [1.82, 2.24) is 9.97 Å². The number of aromatic nitrogens is 2. The van der Waals surface area contributed by atoms with Gasteiger partial charge in [-0.3, -0.25) is 4.79 Å². The Balaban J connectivity index is 2.59. The molecule has 0 saturated heterocycles. The highest BCUT2D eigenvalue weighted by molar-refractivity contribution is 9.13. The van der Waals surface area contributed by atoms with E-state index in [1.165, 1.54) is 6.07 Å². The number of halogens is 2. The molecule has 2 aromatic heterocycles. The highest BCUT2D eigenvalue weighted by Crippen LogP contribution is 2.31. The maximum atomic E-state index is 11.7. The smallest absolute Gasteiger partial charge is 0.251 e. The Kier molecular flexibility index (Phi) is 3.51. The first-order valence-electron chi connectivity index (χ1n) is 5.34. The van der Waals surface area contributed by atoms with E-state index < -0.39 is 0 Å². The molecule has 2 heterocycles. The van der Waals surface area contributed by atoms with Crippen molar-refractivity contribution >= 4 is 31.9 Å². The standard InChI is InChI=1S/C12H12Br2N2O2/c1-12(2,3)8-5-9(17)16-11(15-8)7-4-6(13)10(14)18-7/h4-5H,1-3H3,(H,15,16,17). The van der Waals surface area contributed by atoms with Gasteiger partial charge >= 0.3 is 0 Å². The summed E-state index contributed by atoms with van der Waals surface area (Å²) in [6.07, 6.45) is 0. The zero-order valence-corrected chi connectivity index (χ0v) is 13.3. The Labute approximate surface area is 121 Å². The average molecular weight is 376 g/mol. The average Bonchev–Trinajstić information content (AvgIpc) is 2.57. The van der Waals surface area contributed by atoms with Gasteiger partial charge in [0, 0.05) is 17.5 Å². The fourth-order valence-corrected chi connectivity index (χ4v) is 2.00. The van der Waals surface area contributed by atoms with Gasteiger partial charge in [-0.2, -0.15) is 0 Å². The number of nitrogens with one attached hydrogen (secondary N) is 1. The molecule has 0 aliphatic heterocycles. The minimum absolute atomic E-state index is 0.187. The molecule has 6 heteroatoms. The maximum Gasteiger partial charge on any atom is 0.251 e. The van der Waals surface area contributed by atoms with Gasteiger partial charge in [-0.05, 0) is 31.9 Å². The molecule has 0 saturated carbocycles. The summed E-state index contributed by atoms with van der Waals surface area (Å²) in [5.74, 6) is 0.941. The second-order valence-corrected chi connectivity index (χ2v) is 6.54. The van der Waals surface area contributed by atoms with Gasteiger partial charge in [0.25, 0.3) is 5.56 Å². The van der Waals surface area contributed by atoms with Crippen LogP contribution in [0.2, 0.25) is 0 Å². The maximum absolute atomic E-state index is 11.7. The van der Waals surface area contributed by atoms with E-state index in [-0.39, 0.29) is 11.0 Å². The summed E-state index contributed by atoms with van der Waals surface area (Å²) >= 11 is 6.59. The Morgan fingerprint density at radius 2 is 1.94 bits per heavy atom. The van der Waals surface area contributed by atoms with Crippen LogP contribution in [0.3, 0.4) is 0 Å². The van der Waals surface area contributed by atoms with E-state index in [0.29, 0.717) is 16.3 Å². The Morgan fingerprint density at radius 3 is 2.44 bits per heavy atom. The summed E-state index contributed by atoms with van der Waals surface area (Å²) in [6.45, 7) is 6.02. The lowest BCUT2D eigenvalue weighted by Gasteiger charge is -2.17. The molecule has 0 atom stereocenters. The zero-order chi connectivity index (χ0) is 13.5. The monoisotopic (exact) mass is 374 g/mol. The first-order valence-corrected chi connectivity index (χ1v) is 6.93. The van der Waals surface area contributed by atoms with Crippen LogP contribution in [0.1, 0.15) is 26.5 Å². The number of aromatic amines is 1. The molecule has 18 heavy (non-hydrogen) atoms. The van der Waals surface area contributed by atoms with Crippen molar-refractivity contribution in [3.8, 4) is 11.6 Å². The molecule has 0 fully saturated rings. The van der Waals surface area contributed by atoms with Crippen LogP contribution in [0.25, 0.3) is 11.6 Å². The first kappa shape index (κ1) is 13.5. The first-order chi connectivity index (χ1) is 8.27. The molecule has 0 bridgehead atoms. The molecule has 2 aromatic rings. The fourth-order valence-electron chi connectivity index (χ4n) is 1.42. The van der Waals surface area contributed by atoms with Gasteiger partial charge in [0.05, 0.1) is 10.2 Å². The number of rotatable bonds is 1. The van der Waals surface area contributed by atoms with Gasteiger partial charge in [0.2, 0.25) is 0 Å². The zero-order valence-electron chi connectivity index (χ0n) is 10.2. The lowest BCUT2D eigenvalue weighted by Crippen LogP contribution is -2.19. The van der Waals surface area contributed by atoms with Crippen LogP contribution < -0.4 is 5.56 Å². The molecule has 0 aliphatic rings. The molecule has 0 aliphatic carbocycles. The Morgan fingerprint density at radius 1 is 1.28 bits per heavy atom. The van der Waals surface area contributed by atoms with E-state index in [4.69, 9.17) is 4.42 Å². The molecule has 1 N–H and O–H groups in total. The minimum Gasteiger partial charge on any atom is -0.445 e. The largest absolute Gasteiger partial charge is 0.445 e. The summed E-state index contributed by atoms with van der Waals surface area (Å²) < 4.78 is 6.81. The van der Waals surface area contributed by atoms with Crippen molar-refractivity contribution in [1.29, 1.82) is 0 Å². The predicted molar refractivity (Wildman–Crippen MR) is 76.7 cm³/mol. The van der Waals surface area contributed by atoms with E-state index in [1.807, 2.05) is 20.8 Å². The number of hydrogen-bond acceptors (Lipinski definition) is 3. The van der Waals surface area contributed by atoms with Gasteiger partial charge in [-0.1, -0.05) is 20.8 Å². The molecule has 0 spiro atoms. The van der Waals surface area contributed by atoms with Crippen LogP contribution in [0, 0.1) is 0 Å². The van der Waals surface area contributed by atoms with Crippen LogP contribution in [-0.2, 0) is 5.41 Å². The Bertz CT molecular complexity index is 619. The highest BCUT2D eigenvalue weighted by atomic mass is 79.9. The minimum atomic E-state index is -0.190. The van der Waals surface area contributed by atoms with Crippen molar-refractivity contribution in [3.05, 3.63) is 37.3 Å². The van der Waals surface area contributed by atoms with Crippen molar-refractivity contribution in [2.24, 2.45) is 0 Å². The molecule has 4 nitrogen and oxygen atoms in total. The number of furan rings is 1. The SMILES string of the molecule is CC(C)(C)c1cc(=O)[nH]c(-c2cc(Br)c(Br)o2)n1. The quantitative estimate of drug-likeness (QED) is 0.823. The molecule has 0 aromatic carbocycles. The lowest BCUT2D eigenvalue weighted by atomic mass is 9.92. The van der Waals surface area contributed by atoms with E-state index in [1.54, 1.807) is 6.07 Å². The number of nitrogens with zero attached hydrogens (tertiary/aromatic N) is 1. The highest BCUT2D eigenvalue weighted by Gasteiger charge is 2.19. The lowest BCUT2D eigenvalue weighted by molar-refractivity contribution is 0.541. The third-order valence-electron chi connectivity index (χ3n) is 2.39. The van der Waals surface area contributed by atoms with Gasteiger partial charge in [-0.15, -0.1) is 0 Å². The summed E-state index contributed by atoms with van der Waals surface area (Å²) in [6, 6.07) is 3.27. The third kappa shape index (κ3) is 2.75. The summed E-state index contributed by atoms with van der Waals surface area (Å²) in [7, 11) is 0. The molecule has 96 valence electrons. The second kappa shape index (κ2) is 4.66. The van der Waals surface area contributed by atoms with Crippen LogP contribution in [0.15, 0.2) is 30.5 Å². The van der Waals surface area contributed by atoms with Crippen LogP contribution in [0.5, 0.6) is 0 Å². The van der Waals surface area contributed by atoms with Crippen LogP contribution >= 0.6 is 31.9 Å². The molecule has 0 unspecified atom stereocenters. The third-order valence-corrected chi connectivity index (χ3v) is 4.10. The second-order valence-electron chi connectivity index (χ2n) is 4.96. The predicted octanol–water partition coefficient (Wildman–Crippen LogP) is 3.85. The van der Waals surface area contributed by atoms with Crippen molar-refractivity contribution < 1.29 is 4.42 Å². The van der Waals surface area contributed by atoms with Gasteiger partial charge in [0.1, 0.15) is 0 Å². The summed E-state index contributed by atoms with van der Waals surface area (Å²) in [4.78, 5) is 18.8. The van der Waals surface area contributed by atoms with Gasteiger partial charge in [-0.25, -0.2) is 4.98 Å². The van der Waals surface area contributed by atoms with E-state index >= 15 is 0 Å². The molecular formula is C12H12Br2N2O2. The molecule has 0 radical (unpaired) electrons. The Hall–Kier alpha value is -0.880. The van der Waals surface area contributed by atoms with Crippen LogP contribution in [-0.4, -0.2) is 9.97 Å². The van der Waals surface area contributed by atoms with Crippen molar-refractivity contribution in [3.63, 3.8) is 0 Å². The van der Waals surface area contributed by atoms with Crippen LogP contribution in [0.4, 0.5) is 0 Å². The van der Waals surface area contributed by atoms with E-state index in [2.05, 4.69) is 41.8 Å². The molecule has 2 rings (SSSR count). The normalized spacial score (nSPS) is 11.8. The number of hydrogen-bond donors (Lipinski definition) is 1. The molecular weight excluding hydrogens is 364 g/mol. The summed E-state index contributed by atoms with van der Waals surface area (Å²) in [5.41, 5.74) is 0.350. The topological polar surface area (TPSA) is 58.9 Å². The number of H-pyrrole nitrogens is 1. The van der Waals surface area contributed by atoms with E-state index in [9.17, 15) is 4.79 Å². The van der Waals surface area contributed by atoms with E-state index in [0.717, 1.165) is 10.2 Å². The van der Waals surface area contributed by atoms with Crippen molar-refractivity contribution in [2.45, 2.75) is 26.2 Å².